The number of rotatable bonds is 2. The van der Waals surface area contributed by atoms with Crippen LogP contribution in [-0.2, 0) is 0 Å². The first-order valence-electron chi connectivity index (χ1n) is 4.20. The van der Waals surface area contributed by atoms with Crippen molar-refractivity contribution in [1.29, 1.82) is 5.26 Å². The van der Waals surface area contributed by atoms with E-state index >= 15 is 0 Å². The van der Waals surface area contributed by atoms with Gasteiger partial charge in [0.1, 0.15) is 6.07 Å². The van der Waals surface area contributed by atoms with E-state index in [-0.39, 0.29) is 0 Å². The molecule has 3 nitrogen and oxygen atoms in total. The maximum absolute atomic E-state index is 8.72. The van der Waals surface area contributed by atoms with Gasteiger partial charge in [0.25, 0.3) is 0 Å². The lowest BCUT2D eigenvalue weighted by atomic mass is 10.1. The van der Waals surface area contributed by atoms with Crippen LogP contribution in [0.1, 0.15) is 19.4 Å². The number of nitrogen functional groups attached to an aromatic ring is 1. The highest BCUT2D eigenvalue weighted by atomic mass is 14.9. The van der Waals surface area contributed by atoms with Gasteiger partial charge in [-0.25, -0.2) is 0 Å². The Bertz CT molecular complexity index is 337. The molecule has 0 unspecified atom stereocenters. The maximum Gasteiger partial charge on any atom is 0.101 e. The van der Waals surface area contributed by atoms with Gasteiger partial charge >= 0.3 is 0 Å². The predicted octanol–water partition coefficient (Wildman–Crippen LogP) is 1.96. The van der Waals surface area contributed by atoms with Crippen molar-refractivity contribution < 1.29 is 0 Å². The lowest BCUT2D eigenvalue weighted by molar-refractivity contribution is 0.900. The summed E-state index contributed by atoms with van der Waals surface area (Å²) in [4.78, 5) is 0. The van der Waals surface area contributed by atoms with Crippen molar-refractivity contribution in [2.75, 3.05) is 11.1 Å². The van der Waals surface area contributed by atoms with E-state index in [1.165, 1.54) is 0 Å². The van der Waals surface area contributed by atoms with Gasteiger partial charge in [-0.15, -0.1) is 0 Å². The summed E-state index contributed by atoms with van der Waals surface area (Å²) in [6.07, 6.45) is 0. The third kappa shape index (κ3) is 2.12. The molecule has 0 aromatic heterocycles. The van der Waals surface area contributed by atoms with Gasteiger partial charge in [0.2, 0.25) is 0 Å². The molecule has 0 saturated carbocycles. The Hall–Kier alpha value is -1.69. The molecule has 0 aliphatic rings. The largest absolute Gasteiger partial charge is 0.396 e. The summed E-state index contributed by atoms with van der Waals surface area (Å²) in [5.41, 5.74) is 7.63. The van der Waals surface area contributed by atoms with Gasteiger partial charge in [0.05, 0.1) is 16.9 Å². The second-order valence-corrected chi connectivity index (χ2v) is 3.18. The number of nitrogens with one attached hydrogen (secondary N) is 1. The molecule has 0 saturated heterocycles. The number of hydrogen-bond donors (Lipinski definition) is 2. The molecule has 0 aliphatic carbocycles. The van der Waals surface area contributed by atoms with E-state index in [2.05, 4.69) is 5.32 Å². The maximum atomic E-state index is 8.72. The normalized spacial score (nSPS) is 9.69. The zero-order valence-corrected chi connectivity index (χ0v) is 7.83. The molecule has 0 spiro atoms. The summed E-state index contributed by atoms with van der Waals surface area (Å²) in [5.74, 6) is 0. The van der Waals surface area contributed by atoms with Gasteiger partial charge < -0.3 is 11.1 Å². The molecule has 0 heterocycles. The molecule has 1 aromatic carbocycles. The zero-order chi connectivity index (χ0) is 9.84. The van der Waals surface area contributed by atoms with Crippen LogP contribution in [0.2, 0.25) is 0 Å². The average molecular weight is 175 g/mol. The van der Waals surface area contributed by atoms with E-state index in [1.54, 1.807) is 6.07 Å². The first-order chi connectivity index (χ1) is 6.15. The molecule has 3 heteroatoms. The monoisotopic (exact) mass is 175 g/mol. The summed E-state index contributed by atoms with van der Waals surface area (Å²) in [7, 11) is 0. The number of benzene rings is 1. The number of nitrogens with zero attached hydrogens (tertiary/aromatic N) is 1. The van der Waals surface area contributed by atoms with E-state index in [0.717, 1.165) is 5.69 Å². The van der Waals surface area contributed by atoms with Gasteiger partial charge in [-0.1, -0.05) is 6.07 Å². The SMILES string of the molecule is CC(C)Nc1cccc(C#N)c1N. The Morgan fingerprint density at radius 2 is 2.15 bits per heavy atom. The molecular formula is C10H13N3. The average Bonchev–Trinajstić information content (AvgIpc) is 2.08. The van der Waals surface area contributed by atoms with Crippen LogP contribution in [0.4, 0.5) is 11.4 Å². The van der Waals surface area contributed by atoms with Crippen LogP contribution in [0.3, 0.4) is 0 Å². The van der Waals surface area contributed by atoms with Crippen molar-refractivity contribution in [3.05, 3.63) is 23.8 Å². The van der Waals surface area contributed by atoms with E-state index in [4.69, 9.17) is 11.0 Å². The number of nitrogens with two attached hydrogens (primary N) is 1. The molecule has 0 fully saturated rings. The van der Waals surface area contributed by atoms with Gasteiger partial charge in [-0.2, -0.15) is 5.26 Å². The van der Waals surface area contributed by atoms with Gasteiger partial charge in [0.15, 0.2) is 0 Å². The lowest BCUT2D eigenvalue weighted by Gasteiger charge is -2.12. The van der Waals surface area contributed by atoms with Crippen LogP contribution >= 0.6 is 0 Å². The van der Waals surface area contributed by atoms with Crippen molar-refractivity contribution in [2.24, 2.45) is 0 Å². The minimum atomic E-state index is 0.316. The number of anilines is 2. The first kappa shape index (κ1) is 9.40. The molecule has 1 rings (SSSR count). The predicted molar refractivity (Wildman–Crippen MR) is 54.3 cm³/mol. The van der Waals surface area contributed by atoms with Gasteiger partial charge in [-0.05, 0) is 26.0 Å². The van der Waals surface area contributed by atoms with Crippen LogP contribution in [-0.4, -0.2) is 6.04 Å². The summed E-state index contributed by atoms with van der Waals surface area (Å²) in [5, 5.41) is 11.9. The number of para-hydroxylation sites is 1. The minimum Gasteiger partial charge on any atom is -0.396 e. The van der Waals surface area contributed by atoms with Crippen LogP contribution < -0.4 is 11.1 Å². The molecule has 0 amide bonds. The molecular weight excluding hydrogens is 162 g/mol. The quantitative estimate of drug-likeness (QED) is 0.675. The van der Waals surface area contributed by atoms with Crippen LogP contribution in [0.15, 0.2) is 18.2 Å². The fraction of sp³-hybridized carbons (Fsp3) is 0.300. The van der Waals surface area contributed by atoms with Crippen molar-refractivity contribution in [3.8, 4) is 6.07 Å². The Labute approximate surface area is 78.2 Å². The Morgan fingerprint density at radius 1 is 1.46 bits per heavy atom. The van der Waals surface area contributed by atoms with Crippen LogP contribution in [0.25, 0.3) is 0 Å². The molecule has 0 bridgehead atoms. The van der Waals surface area contributed by atoms with E-state index in [0.29, 0.717) is 17.3 Å². The highest BCUT2D eigenvalue weighted by molar-refractivity contribution is 5.72. The van der Waals surface area contributed by atoms with Crippen LogP contribution in [0.5, 0.6) is 0 Å². The lowest BCUT2D eigenvalue weighted by Crippen LogP contribution is -2.11. The molecule has 0 radical (unpaired) electrons. The first-order valence-corrected chi connectivity index (χ1v) is 4.20. The molecule has 3 N–H and O–H groups in total. The third-order valence-electron chi connectivity index (χ3n) is 1.67. The summed E-state index contributed by atoms with van der Waals surface area (Å²) in [6, 6.07) is 7.76. The van der Waals surface area contributed by atoms with Crippen molar-refractivity contribution in [3.63, 3.8) is 0 Å². The topological polar surface area (TPSA) is 61.8 Å². The van der Waals surface area contributed by atoms with Crippen molar-refractivity contribution >= 4 is 11.4 Å². The summed E-state index contributed by atoms with van der Waals surface area (Å²) < 4.78 is 0. The summed E-state index contributed by atoms with van der Waals surface area (Å²) in [6.45, 7) is 4.05. The van der Waals surface area contributed by atoms with E-state index in [9.17, 15) is 0 Å². The van der Waals surface area contributed by atoms with Gasteiger partial charge in [0, 0.05) is 6.04 Å². The van der Waals surface area contributed by atoms with Crippen molar-refractivity contribution in [2.45, 2.75) is 19.9 Å². The molecule has 0 aliphatic heterocycles. The minimum absolute atomic E-state index is 0.316. The Balaban J connectivity index is 3.03. The van der Waals surface area contributed by atoms with E-state index < -0.39 is 0 Å². The fourth-order valence-corrected chi connectivity index (χ4v) is 1.10. The second-order valence-electron chi connectivity index (χ2n) is 3.18. The Morgan fingerprint density at radius 3 is 2.69 bits per heavy atom. The molecule has 1 aromatic rings. The number of nitriles is 1. The molecule has 0 atom stereocenters. The second kappa shape index (κ2) is 3.81. The van der Waals surface area contributed by atoms with Gasteiger partial charge in [-0.3, -0.25) is 0 Å². The number of hydrogen-bond acceptors (Lipinski definition) is 3. The molecule has 13 heavy (non-hydrogen) atoms. The standard InChI is InChI=1S/C10H13N3/c1-7(2)13-9-5-3-4-8(6-11)10(9)12/h3-5,7,13H,12H2,1-2H3. The highest BCUT2D eigenvalue weighted by Crippen LogP contribution is 2.22. The molecule has 68 valence electrons. The zero-order valence-electron chi connectivity index (χ0n) is 7.83. The third-order valence-corrected chi connectivity index (χ3v) is 1.67. The van der Waals surface area contributed by atoms with Crippen molar-refractivity contribution in [1.82, 2.24) is 0 Å². The van der Waals surface area contributed by atoms with E-state index in [1.807, 2.05) is 32.0 Å². The van der Waals surface area contributed by atoms with Crippen LogP contribution in [0, 0.1) is 11.3 Å². The fourth-order valence-electron chi connectivity index (χ4n) is 1.10. The Kier molecular flexibility index (Phi) is 2.76. The smallest absolute Gasteiger partial charge is 0.101 e. The highest BCUT2D eigenvalue weighted by Gasteiger charge is 2.04. The summed E-state index contributed by atoms with van der Waals surface area (Å²) >= 11 is 0.